The predicted octanol–water partition coefficient (Wildman–Crippen LogP) is 0.423. The molecule has 0 saturated carbocycles. The van der Waals surface area contributed by atoms with Gasteiger partial charge in [-0.25, -0.2) is 5.10 Å². The molecule has 2 aromatic rings. The van der Waals surface area contributed by atoms with Crippen LogP contribution in [0.25, 0.3) is 0 Å². The number of anilines is 1. The van der Waals surface area contributed by atoms with E-state index in [4.69, 9.17) is 18.0 Å². The quantitative estimate of drug-likeness (QED) is 0.708. The molecule has 0 spiro atoms. The van der Waals surface area contributed by atoms with Gasteiger partial charge in [-0.05, 0) is 23.8 Å². The third kappa shape index (κ3) is 1.58. The van der Waals surface area contributed by atoms with Crippen molar-refractivity contribution in [2.45, 2.75) is 6.54 Å². The summed E-state index contributed by atoms with van der Waals surface area (Å²) in [5.41, 5.74) is 6.40. The van der Waals surface area contributed by atoms with Gasteiger partial charge in [-0.3, -0.25) is 4.57 Å². The first-order valence-electron chi connectivity index (χ1n) is 3.44. The van der Waals surface area contributed by atoms with Crippen LogP contribution in [-0.4, -0.2) is 24.4 Å². The van der Waals surface area contributed by atoms with Gasteiger partial charge in [-0.1, -0.05) is 4.49 Å². The monoisotopic (exact) mass is 214 g/mol. The van der Waals surface area contributed by atoms with Gasteiger partial charge in [0, 0.05) is 5.38 Å². The molecule has 13 heavy (non-hydrogen) atoms. The Morgan fingerprint density at radius 2 is 2.54 bits per heavy atom. The topological polar surface area (TPSA) is 85.4 Å². The van der Waals surface area contributed by atoms with Gasteiger partial charge in [0.1, 0.15) is 0 Å². The van der Waals surface area contributed by atoms with Gasteiger partial charge in [0.15, 0.2) is 4.77 Å². The molecule has 3 N–H and O–H groups in total. The molecule has 0 amide bonds. The summed E-state index contributed by atoms with van der Waals surface area (Å²) in [4.78, 5) is 0. The Kier molecular flexibility index (Phi) is 2.07. The summed E-state index contributed by atoms with van der Waals surface area (Å²) in [6, 6.07) is 0. The summed E-state index contributed by atoms with van der Waals surface area (Å²) in [5.74, 6) is 0.359. The predicted molar refractivity (Wildman–Crippen MR) is 50.8 cm³/mol. The molecule has 0 unspecified atom stereocenters. The van der Waals surface area contributed by atoms with Gasteiger partial charge in [0.05, 0.1) is 12.2 Å². The molecular weight excluding hydrogens is 208 g/mol. The van der Waals surface area contributed by atoms with Crippen LogP contribution in [0.4, 0.5) is 5.95 Å². The average Bonchev–Trinajstić information content (AvgIpc) is 2.70. The Morgan fingerprint density at radius 3 is 3.08 bits per heavy atom. The number of nitrogens with one attached hydrogen (secondary N) is 1. The molecule has 0 aliphatic rings. The van der Waals surface area contributed by atoms with Crippen LogP contribution in [0.5, 0.6) is 0 Å². The maximum absolute atomic E-state index is 5.57. The molecule has 6 nitrogen and oxygen atoms in total. The van der Waals surface area contributed by atoms with Crippen molar-refractivity contribution in [1.82, 2.24) is 24.4 Å². The fourth-order valence-corrected chi connectivity index (χ4v) is 1.54. The lowest BCUT2D eigenvalue weighted by atomic mass is 10.5. The maximum atomic E-state index is 5.57. The standard InChI is InChI=1S/C5H6N6S2/c6-4-8-9-5(12)11(4)1-3-2-13-10-7-3/h2H,1H2,(H2,6,8)(H,9,12). The smallest absolute Gasteiger partial charge is 0.220 e. The summed E-state index contributed by atoms with van der Waals surface area (Å²) in [7, 11) is 0. The van der Waals surface area contributed by atoms with Crippen LogP contribution in [0.3, 0.4) is 0 Å². The molecule has 0 saturated heterocycles. The van der Waals surface area contributed by atoms with Crippen molar-refractivity contribution in [1.29, 1.82) is 0 Å². The zero-order chi connectivity index (χ0) is 9.26. The number of hydrogen-bond acceptors (Lipinski definition) is 6. The van der Waals surface area contributed by atoms with Crippen LogP contribution in [0, 0.1) is 4.77 Å². The molecule has 0 aliphatic heterocycles. The van der Waals surface area contributed by atoms with Crippen LogP contribution in [-0.2, 0) is 6.54 Å². The molecular formula is C5H6N6S2. The summed E-state index contributed by atoms with van der Waals surface area (Å²) in [6.45, 7) is 0.512. The minimum atomic E-state index is 0.359. The minimum absolute atomic E-state index is 0.359. The Labute approximate surface area is 82.6 Å². The summed E-state index contributed by atoms with van der Waals surface area (Å²) < 4.78 is 5.88. The van der Waals surface area contributed by atoms with Gasteiger partial charge >= 0.3 is 0 Å². The first-order valence-corrected chi connectivity index (χ1v) is 4.68. The molecule has 2 aromatic heterocycles. The molecule has 0 radical (unpaired) electrons. The minimum Gasteiger partial charge on any atom is -0.368 e. The normalized spacial score (nSPS) is 10.5. The number of nitrogen functional groups attached to an aromatic ring is 1. The Hall–Kier alpha value is -1.28. The van der Waals surface area contributed by atoms with Crippen LogP contribution < -0.4 is 5.73 Å². The fraction of sp³-hybridized carbons (Fsp3) is 0.200. The lowest BCUT2D eigenvalue weighted by Crippen LogP contribution is -2.04. The average molecular weight is 214 g/mol. The van der Waals surface area contributed by atoms with Crippen molar-refractivity contribution in [3.63, 3.8) is 0 Å². The van der Waals surface area contributed by atoms with E-state index in [2.05, 4.69) is 19.8 Å². The first-order chi connectivity index (χ1) is 6.27. The van der Waals surface area contributed by atoms with Gasteiger partial charge in [-0.2, -0.15) is 0 Å². The van der Waals surface area contributed by atoms with E-state index in [1.54, 1.807) is 4.57 Å². The highest BCUT2D eigenvalue weighted by Gasteiger charge is 2.03. The molecule has 0 atom stereocenters. The lowest BCUT2D eigenvalue weighted by molar-refractivity contribution is 0.765. The van der Waals surface area contributed by atoms with Crippen molar-refractivity contribution in [2.75, 3.05) is 5.73 Å². The first kappa shape index (κ1) is 8.32. The largest absolute Gasteiger partial charge is 0.368 e. The number of H-pyrrole nitrogens is 1. The number of nitrogens with zero attached hydrogens (tertiary/aromatic N) is 4. The molecule has 0 aromatic carbocycles. The highest BCUT2D eigenvalue weighted by atomic mass is 32.1. The number of hydrogen-bond donors (Lipinski definition) is 2. The van der Waals surface area contributed by atoms with Gasteiger partial charge in [0.25, 0.3) is 0 Å². The number of aromatic amines is 1. The van der Waals surface area contributed by atoms with Crippen LogP contribution >= 0.6 is 23.8 Å². The lowest BCUT2D eigenvalue weighted by Gasteiger charge is -1.98. The van der Waals surface area contributed by atoms with E-state index in [9.17, 15) is 0 Å². The molecule has 68 valence electrons. The van der Waals surface area contributed by atoms with E-state index in [0.717, 1.165) is 5.69 Å². The van der Waals surface area contributed by atoms with E-state index in [1.807, 2.05) is 5.38 Å². The second-order valence-corrected chi connectivity index (χ2v) is 3.37. The van der Waals surface area contributed by atoms with E-state index in [0.29, 0.717) is 17.3 Å². The molecule has 2 heterocycles. The zero-order valence-electron chi connectivity index (χ0n) is 6.47. The zero-order valence-corrected chi connectivity index (χ0v) is 8.10. The molecule has 0 bridgehead atoms. The van der Waals surface area contributed by atoms with Crippen molar-refractivity contribution >= 4 is 29.7 Å². The second kappa shape index (κ2) is 3.23. The third-order valence-electron chi connectivity index (χ3n) is 1.51. The maximum Gasteiger partial charge on any atom is 0.220 e. The van der Waals surface area contributed by atoms with E-state index >= 15 is 0 Å². The number of aromatic nitrogens is 5. The highest BCUT2D eigenvalue weighted by Crippen LogP contribution is 2.05. The number of nitrogens with two attached hydrogens (primary N) is 1. The van der Waals surface area contributed by atoms with Crippen LogP contribution in [0.15, 0.2) is 5.38 Å². The van der Waals surface area contributed by atoms with Crippen molar-refractivity contribution in [3.05, 3.63) is 15.8 Å². The summed E-state index contributed by atoms with van der Waals surface area (Å²) in [5, 5.41) is 12.1. The SMILES string of the molecule is Nc1n[nH]c(=S)n1Cc1csnn1. The van der Waals surface area contributed by atoms with Crippen molar-refractivity contribution in [2.24, 2.45) is 0 Å². The second-order valence-electron chi connectivity index (χ2n) is 2.37. The fourth-order valence-electron chi connectivity index (χ4n) is 0.898. The van der Waals surface area contributed by atoms with Crippen molar-refractivity contribution < 1.29 is 0 Å². The van der Waals surface area contributed by atoms with Gasteiger partial charge < -0.3 is 5.73 Å². The highest BCUT2D eigenvalue weighted by molar-refractivity contribution is 7.71. The molecule has 2 rings (SSSR count). The summed E-state index contributed by atoms with van der Waals surface area (Å²) in [6.07, 6.45) is 0. The van der Waals surface area contributed by atoms with E-state index in [1.165, 1.54) is 11.5 Å². The Morgan fingerprint density at radius 1 is 1.69 bits per heavy atom. The third-order valence-corrected chi connectivity index (χ3v) is 2.38. The Balaban J connectivity index is 2.33. The number of rotatable bonds is 2. The van der Waals surface area contributed by atoms with Gasteiger partial charge in [0.2, 0.25) is 5.95 Å². The molecule has 0 aliphatic carbocycles. The van der Waals surface area contributed by atoms with Crippen LogP contribution in [0.2, 0.25) is 0 Å². The van der Waals surface area contributed by atoms with E-state index < -0.39 is 0 Å². The molecule has 0 fully saturated rings. The molecule has 8 heteroatoms. The van der Waals surface area contributed by atoms with E-state index in [-0.39, 0.29) is 0 Å². The van der Waals surface area contributed by atoms with Crippen molar-refractivity contribution in [3.8, 4) is 0 Å². The van der Waals surface area contributed by atoms with Crippen LogP contribution in [0.1, 0.15) is 5.69 Å². The Bertz CT molecular complexity index is 440. The van der Waals surface area contributed by atoms with Gasteiger partial charge in [-0.15, -0.1) is 10.2 Å². The summed E-state index contributed by atoms with van der Waals surface area (Å²) >= 11 is 6.26.